The molecule has 42 heavy (non-hydrogen) atoms. The second-order valence-corrected chi connectivity index (χ2v) is 11.2. The van der Waals surface area contributed by atoms with E-state index in [0.717, 1.165) is 58.7 Å². The molecule has 2 aliphatic rings. The number of carbonyl (C=O) groups excluding carboxylic acids is 2. The minimum atomic E-state index is 0.111. The molecule has 0 aliphatic carbocycles. The molecule has 11 heteroatoms. The molecule has 4 N–H and O–H groups in total. The zero-order valence-electron chi connectivity index (χ0n) is 23.5. The molecule has 6 rings (SSSR count). The van der Waals surface area contributed by atoms with Crippen LogP contribution >= 0.6 is 11.6 Å². The molecule has 0 unspecified atom stereocenters. The number of rotatable bonds is 11. The van der Waals surface area contributed by atoms with Gasteiger partial charge in [0.15, 0.2) is 0 Å². The summed E-state index contributed by atoms with van der Waals surface area (Å²) in [6.45, 7) is 2.62. The number of benzene rings is 1. The smallest absolute Gasteiger partial charge is 0.220 e. The third-order valence-electron chi connectivity index (χ3n) is 7.79. The van der Waals surface area contributed by atoms with Crippen LogP contribution in [0.2, 0.25) is 5.02 Å². The van der Waals surface area contributed by atoms with Crippen LogP contribution in [0.15, 0.2) is 54.9 Å². The van der Waals surface area contributed by atoms with Crippen molar-refractivity contribution in [2.45, 2.75) is 50.9 Å². The average molecular weight is 588 g/mol. The first kappa shape index (κ1) is 28.1. The van der Waals surface area contributed by atoms with E-state index in [-0.39, 0.29) is 23.9 Å². The fourth-order valence-corrected chi connectivity index (χ4v) is 5.92. The summed E-state index contributed by atoms with van der Waals surface area (Å²) in [6, 6.07) is 14.2. The molecule has 4 aromatic rings. The Kier molecular flexibility index (Phi) is 8.36. The number of hydrogen-bond donors (Lipinski definition) is 4. The Morgan fingerprint density at radius 1 is 0.905 bits per heavy atom. The van der Waals surface area contributed by atoms with Crippen LogP contribution in [0.25, 0.3) is 28.0 Å². The minimum Gasteiger partial charge on any atom is -0.481 e. The van der Waals surface area contributed by atoms with Gasteiger partial charge in [-0.15, -0.1) is 0 Å². The van der Waals surface area contributed by atoms with E-state index in [9.17, 15) is 9.59 Å². The molecule has 0 radical (unpaired) electrons. The van der Waals surface area contributed by atoms with Crippen LogP contribution in [0.4, 0.5) is 0 Å². The number of amides is 2. The van der Waals surface area contributed by atoms with Gasteiger partial charge in [-0.25, -0.2) is 9.97 Å². The summed E-state index contributed by atoms with van der Waals surface area (Å²) in [5, 5.41) is 13.3. The molecule has 10 nitrogen and oxygen atoms in total. The number of aromatic nitrogens is 3. The number of ether oxygens (including phenoxy) is 1. The molecule has 2 aliphatic heterocycles. The number of methoxy groups -OCH3 is 1. The monoisotopic (exact) mass is 587 g/mol. The molecule has 2 amide bonds. The average Bonchev–Trinajstić information content (AvgIpc) is 3.72. The number of nitrogens with zero attached hydrogens (tertiary/aromatic N) is 3. The number of halogens is 1. The van der Waals surface area contributed by atoms with Crippen molar-refractivity contribution >= 4 is 29.1 Å². The first-order chi connectivity index (χ1) is 20.5. The molecule has 2 saturated heterocycles. The van der Waals surface area contributed by atoms with E-state index in [0.29, 0.717) is 43.4 Å². The fraction of sp³-hybridized carbons (Fsp3) is 0.355. The largest absolute Gasteiger partial charge is 0.481 e. The van der Waals surface area contributed by atoms with Gasteiger partial charge in [-0.2, -0.15) is 0 Å². The molecule has 0 bridgehead atoms. The Morgan fingerprint density at radius 3 is 2.31 bits per heavy atom. The number of fused-ring (bicyclic) bond motifs is 1. The Labute approximate surface area is 249 Å². The first-order valence-electron chi connectivity index (χ1n) is 14.3. The molecule has 0 spiro atoms. The molecule has 5 heterocycles. The predicted octanol–water partition coefficient (Wildman–Crippen LogP) is 3.46. The summed E-state index contributed by atoms with van der Waals surface area (Å²) in [5.74, 6) is 0.769. The maximum atomic E-state index is 11.4. The lowest BCUT2D eigenvalue weighted by molar-refractivity contribution is -0.120. The van der Waals surface area contributed by atoms with Gasteiger partial charge in [0, 0.05) is 80.2 Å². The first-order valence-corrected chi connectivity index (χ1v) is 14.7. The molecular weight excluding hydrogens is 554 g/mol. The highest BCUT2D eigenvalue weighted by atomic mass is 35.5. The van der Waals surface area contributed by atoms with Crippen molar-refractivity contribution in [1.82, 2.24) is 35.6 Å². The van der Waals surface area contributed by atoms with Crippen LogP contribution in [-0.2, 0) is 22.7 Å². The van der Waals surface area contributed by atoms with Crippen molar-refractivity contribution in [2.24, 2.45) is 0 Å². The van der Waals surface area contributed by atoms with E-state index in [4.69, 9.17) is 26.3 Å². The second kappa shape index (κ2) is 12.5. The van der Waals surface area contributed by atoms with Crippen molar-refractivity contribution < 1.29 is 14.3 Å². The number of pyridine rings is 2. The normalized spacial score (nSPS) is 18.4. The van der Waals surface area contributed by atoms with Crippen molar-refractivity contribution in [2.75, 3.05) is 20.2 Å². The van der Waals surface area contributed by atoms with Crippen molar-refractivity contribution in [3.63, 3.8) is 0 Å². The summed E-state index contributed by atoms with van der Waals surface area (Å²) >= 11 is 6.99. The summed E-state index contributed by atoms with van der Waals surface area (Å²) in [5.41, 5.74) is 6.11. The van der Waals surface area contributed by atoms with Gasteiger partial charge in [0.25, 0.3) is 0 Å². The summed E-state index contributed by atoms with van der Waals surface area (Å²) in [6.07, 6.45) is 6.95. The summed E-state index contributed by atoms with van der Waals surface area (Å²) in [4.78, 5) is 32.4. The maximum Gasteiger partial charge on any atom is 0.220 e. The van der Waals surface area contributed by atoms with Crippen LogP contribution in [0, 0.1) is 0 Å². The SMILES string of the molecule is COc1nc(-c2cccc(-c3ccc4nc(CNC[C@@H]5CCC(=O)N5)cn4c3)c2Cl)ccc1CNC[C@@H]1CCC(=O)N1. The lowest BCUT2D eigenvalue weighted by atomic mass is 10.0. The minimum absolute atomic E-state index is 0.111. The van der Waals surface area contributed by atoms with E-state index < -0.39 is 0 Å². The highest BCUT2D eigenvalue weighted by molar-refractivity contribution is 6.36. The van der Waals surface area contributed by atoms with Gasteiger partial charge in [-0.05, 0) is 36.6 Å². The Morgan fingerprint density at radius 2 is 1.62 bits per heavy atom. The topological polar surface area (TPSA) is 122 Å². The van der Waals surface area contributed by atoms with Crippen molar-refractivity contribution in [3.8, 4) is 28.3 Å². The fourth-order valence-electron chi connectivity index (χ4n) is 5.59. The number of imidazole rings is 1. The van der Waals surface area contributed by atoms with E-state index in [2.05, 4.69) is 21.3 Å². The van der Waals surface area contributed by atoms with Crippen LogP contribution in [0.3, 0.4) is 0 Å². The third-order valence-corrected chi connectivity index (χ3v) is 8.20. The molecule has 0 saturated carbocycles. The van der Waals surface area contributed by atoms with E-state index >= 15 is 0 Å². The van der Waals surface area contributed by atoms with Crippen LogP contribution < -0.4 is 26.0 Å². The predicted molar refractivity (Wildman–Crippen MR) is 161 cm³/mol. The van der Waals surface area contributed by atoms with Gasteiger partial charge in [0.1, 0.15) is 5.65 Å². The number of hydrogen-bond acceptors (Lipinski definition) is 7. The van der Waals surface area contributed by atoms with Gasteiger partial charge in [0.05, 0.1) is 23.5 Å². The second-order valence-electron chi connectivity index (χ2n) is 10.8. The lowest BCUT2D eigenvalue weighted by Crippen LogP contribution is -2.35. The van der Waals surface area contributed by atoms with Crippen LogP contribution in [0.1, 0.15) is 36.9 Å². The van der Waals surface area contributed by atoms with Gasteiger partial charge >= 0.3 is 0 Å². The zero-order valence-corrected chi connectivity index (χ0v) is 24.2. The van der Waals surface area contributed by atoms with Crippen molar-refractivity contribution in [3.05, 3.63) is 71.1 Å². The van der Waals surface area contributed by atoms with Gasteiger partial charge in [0.2, 0.25) is 17.7 Å². The molecule has 2 atom stereocenters. The summed E-state index contributed by atoms with van der Waals surface area (Å²) in [7, 11) is 1.61. The third kappa shape index (κ3) is 6.25. The zero-order chi connectivity index (χ0) is 29.1. The number of nitrogens with one attached hydrogen (secondary N) is 4. The number of carbonyl (C=O) groups is 2. The van der Waals surface area contributed by atoms with Crippen molar-refractivity contribution in [1.29, 1.82) is 0 Å². The molecule has 3 aromatic heterocycles. The summed E-state index contributed by atoms with van der Waals surface area (Å²) < 4.78 is 7.62. The van der Waals surface area contributed by atoms with Gasteiger partial charge < -0.3 is 30.4 Å². The molecular formula is C31H34ClN7O3. The lowest BCUT2D eigenvalue weighted by Gasteiger charge is -2.14. The van der Waals surface area contributed by atoms with E-state index in [1.807, 2.05) is 59.3 Å². The maximum absolute atomic E-state index is 11.4. The van der Waals surface area contributed by atoms with Gasteiger partial charge in [-0.1, -0.05) is 35.9 Å². The highest BCUT2D eigenvalue weighted by Gasteiger charge is 2.21. The Balaban J connectivity index is 1.15. The Bertz CT molecular complexity index is 1620. The molecule has 218 valence electrons. The quantitative estimate of drug-likeness (QED) is 0.212. The van der Waals surface area contributed by atoms with E-state index in [1.54, 1.807) is 7.11 Å². The highest BCUT2D eigenvalue weighted by Crippen LogP contribution is 2.36. The van der Waals surface area contributed by atoms with Crippen LogP contribution in [-0.4, -0.2) is 58.5 Å². The van der Waals surface area contributed by atoms with E-state index in [1.165, 1.54) is 0 Å². The van der Waals surface area contributed by atoms with Gasteiger partial charge in [-0.3, -0.25) is 9.59 Å². The van der Waals surface area contributed by atoms with Crippen LogP contribution in [0.5, 0.6) is 5.88 Å². The molecule has 1 aromatic carbocycles. The standard InChI is InChI=1S/C31H34ClN7O3/c1-42-31-19(13-33-14-21-7-11-28(40)36-21)5-9-26(38-31)25-4-2-3-24(30(25)32)20-6-10-27-35-23(18-39(27)17-20)16-34-15-22-8-12-29(41)37-22/h2-6,9-10,17-18,21-22,33-34H,7-8,11-16H2,1H3,(H,36,40)(H,37,41)/t21-,22-/m0/s1. The molecule has 2 fully saturated rings. The Hall–Kier alpha value is -3.99.